The number of pyridine rings is 1. The molecule has 1 aliphatic heterocycles. The van der Waals surface area contributed by atoms with Gasteiger partial charge in [-0.15, -0.1) is 0 Å². The Morgan fingerprint density at radius 2 is 2.05 bits per heavy atom. The summed E-state index contributed by atoms with van der Waals surface area (Å²) in [7, 11) is 0. The normalized spacial score (nSPS) is 19.4. The van der Waals surface area contributed by atoms with Crippen LogP contribution in [0.4, 0.5) is 5.82 Å². The van der Waals surface area contributed by atoms with Crippen molar-refractivity contribution >= 4 is 11.8 Å². The fourth-order valence-corrected chi connectivity index (χ4v) is 2.97. The van der Waals surface area contributed by atoms with Gasteiger partial charge in [0.05, 0.1) is 0 Å². The first-order valence-corrected chi connectivity index (χ1v) is 7.16. The van der Waals surface area contributed by atoms with Gasteiger partial charge >= 0.3 is 5.97 Å². The van der Waals surface area contributed by atoms with Gasteiger partial charge in [-0.05, 0) is 43.2 Å². The molecule has 1 N–H and O–H groups in total. The number of hydrogen-bond donors (Lipinski definition) is 1. The molecule has 1 aromatic heterocycles. The number of aromatic nitrogens is 1. The van der Waals surface area contributed by atoms with Gasteiger partial charge < -0.3 is 10.0 Å². The Morgan fingerprint density at radius 3 is 2.55 bits per heavy atom. The molecule has 20 heavy (non-hydrogen) atoms. The third-order valence-electron chi connectivity index (χ3n) is 4.25. The molecular weight excluding hydrogens is 252 g/mol. The van der Waals surface area contributed by atoms with Crippen LogP contribution in [0, 0.1) is 25.2 Å². The van der Waals surface area contributed by atoms with Crippen LogP contribution in [-0.2, 0) is 0 Å². The number of carbonyl (C=O) groups is 1. The van der Waals surface area contributed by atoms with E-state index < -0.39 is 5.97 Å². The van der Waals surface area contributed by atoms with Crippen LogP contribution in [0.1, 0.15) is 48.8 Å². The van der Waals surface area contributed by atoms with Gasteiger partial charge in [-0.3, -0.25) is 0 Å². The molecule has 0 amide bonds. The summed E-state index contributed by atoms with van der Waals surface area (Å²) in [4.78, 5) is 18.2. The molecule has 1 aromatic rings. The van der Waals surface area contributed by atoms with Crippen LogP contribution < -0.4 is 4.90 Å². The molecule has 0 bridgehead atoms. The Labute approximate surface area is 120 Å². The lowest BCUT2D eigenvalue weighted by atomic mass is 9.80. The number of aryl methyl sites for hydroxylation is 2. The third kappa shape index (κ3) is 2.79. The molecule has 0 aromatic carbocycles. The first-order chi connectivity index (χ1) is 9.20. The highest BCUT2D eigenvalue weighted by atomic mass is 16.4. The Hall–Kier alpha value is -1.58. The lowest BCUT2D eigenvalue weighted by Gasteiger charge is -2.27. The first kappa shape index (κ1) is 14.8. The van der Waals surface area contributed by atoms with E-state index >= 15 is 0 Å². The van der Waals surface area contributed by atoms with Gasteiger partial charge in [0.25, 0.3) is 0 Å². The van der Waals surface area contributed by atoms with Crippen molar-refractivity contribution in [2.45, 2.75) is 41.0 Å². The lowest BCUT2D eigenvalue weighted by molar-refractivity contribution is 0.0696. The van der Waals surface area contributed by atoms with Crippen molar-refractivity contribution in [3.8, 4) is 0 Å². The van der Waals surface area contributed by atoms with Crippen molar-refractivity contribution in [2.75, 3.05) is 18.0 Å². The molecule has 1 unspecified atom stereocenters. The average molecular weight is 276 g/mol. The zero-order valence-electron chi connectivity index (χ0n) is 13.0. The van der Waals surface area contributed by atoms with E-state index in [1.807, 2.05) is 19.9 Å². The van der Waals surface area contributed by atoms with Crippen molar-refractivity contribution in [2.24, 2.45) is 11.3 Å². The minimum Gasteiger partial charge on any atom is -0.478 e. The minimum atomic E-state index is -0.885. The summed E-state index contributed by atoms with van der Waals surface area (Å²) >= 11 is 0. The van der Waals surface area contributed by atoms with Crippen LogP contribution >= 0.6 is 0 Å². The molecule has 0 aliphatic carbocycles. The van der Waals surface area contributed by atoms with Gasteiger partial charge in [-0.25, -0.2) is 9.78 Å². The van der Waals surface area contributed by atoms with E-state index in [0.717, 1.165) is 30.8 Å². The standard InChI is InChI=1S/C16H24N2O2/c1-10-8-11(2)17-14(13(10)15(19)20)18-7-6-12(9-18)16(3,4)5/h8,12H,6-7,9H2,1-5H3,(H,19,20). The summed E-state index contributed by atoms with van der Waals surface area (Å²) in [6, 6.07) is 1.84. The number of carboxylic acids is 1. The molecule has 1 aliphatic rings. The monoisotopic (exact) mass is 276 g/mol. The molecule has 4 heteroatoms. The second-order valence-electron chi connectivity index (χ2n) is 6.88. The highest BCUT2D eigenvalue weighted by molar-refractivity contribution is 5.95. The second kappa shape index (κ2) is 5.08. The maximum atomic E-state index is 11.5. The zero-order chi connectivity index (χ0) is 15.1. The van der Waals surface area contributed by atoms with E-state index in [-0.39, 0.29) is 5.41 Å². The molecule has 1 atom stereocenters. The van der Waals surface area contributed by atoms with Gasteiger partial charge in [0.15, 0.2) is 0 Å². The van der Waals surface area contributed by atoms with Gasteiger partial charge in [0.1, 0.15) is 11.4 Å². The molecule has 2 heterocycles. The quantitative estimate of drug-likeness (QED) is 0.900. The molecular formula is C16H24N2O2. The van der Waals surface area contributed by atoms with E-state index in [1.165, 1.54) is 0 Å². The summed E-state index contributed by atoms with van der Waals surface area (Å²) in [5.41, 5.74) is 2.27. The zero-order valence-corrected chi connectivity index (χ0v) is 13.0. The molecule has 0 radical (unpaired) electrons. The van der Waals surface area contributed by atoms with Crippen molar-refractivity contribution < 1.29 is 9.90 Å². The van der Waals surface area contributed by atoms with Crippen LogP contribution in [-0.4, -0.2) is 29.1 Å². The van der Waals surface area contributed by atoms with Crippen LogP contribution in [0.3, 0.4) is 0 Å². The van der Waals surface area contributed by atoms with Gasteiger partial charge in [0, 0.05) is 18.8 Å². The van der Waals surface area contributed by atoms with Crippen molar-refractivity contribution in [1.82, 2.24) is 4.98 Å². The Balaban J connectivity index is 2.37. The number of carboxylic acid groups (broad SMARTS) is 1. The minimum absolute atomic E-state index is 0.247. The second-order valence-corrected chi connectivity index (χ2v) is 6.88. The number of anilines is 1. The van der Waals surface area contributed by atoms with Crippen LogP contribution in [0.2, 0.25) is 0 Å². The number of aromatic carboxylic acids is 1. The average Bonchev–Trinajstić information content (AvgIpc) is 2.75. The highest BCUT2D eigenvalue weighted by Crippen LogP contribution is 2.36. The van der Waals surface area contributed by atoms with Crippen LogP contribution in [0.25, 0.3) is 0 Å². The molecule has 0 spiro atoms. The maximum Gasteiger partial charge on any atom is 0.339 e. The Morgan fingerprint density at radius 1 is 1.40 bits per heavy atom. The Bertz CT molecular complexity index is 532. The van der Waals surface area contributed by atoms with Crippen LogP contribution in [0.5, 0.6) is 0 Å². The summed E-state index contributed by atoms with van der Waals surface area (Å²) < 4.78 is 0. The Kier molecular flexibility index (Phi) is 3.76. The summed E-state index contributed by atoms with van der Waals surface area (Å²) in [5, 5.41) is 9.46. The topological polar surface area (TPSA) is 53.4 Å². The van der Waals surface area contributed by atoms with Gasteiger partial charge in [-0.1, -0.05) is 20.8 Å². The predicted molar refractivity (Wildman–Crippen MR) is 80.4 cm³/mol. The lowest BCUT2D eigenvalue weighted by Crippen LogP contribution is -2.28. The third-order valence-corrected chi connectivity index (χ3v) is 4.25. The van der Waals surface area contributed by atoms with E-state index in [1.54, 1.807) is 0 Å². The van der Waals surface area contributed by atoms with Crippen molar-refractivity contribution in [3.05, 3.63) is 22.9 Å². The summed E-state index contributed by atoms with van der Waals surface area (Å²) in [5.74, 6) is 0.331. The fourth-order valence-electron chi connectivity index (χ4n) is 2.97. The van der Waals surface area contributed by atoms with E-state index in [4.69, 9.17) is 0 Å². The molecule has 2 rings (SSSR count). The van der Waals surface area contributed by atoms with Crippen molar-refractivity contribution in [3.63, 3.8) is 0 Å². The fraction of sp³-hybridized carbons (Fsp3) is 0.625. The highest BCUT2D eigenvalue weighted by Gasteiger charge is 2.34. The largest absolute Gasteiger partial charge is 0.478 e. The maximum absolute atomic E-state index is 11.5. The van der Waals surface area contributed by atoms with E-state index in [2.05, 4.69) is 30.7 Å². The van der Waals surface area contributed by atoms with Crippen LogP contribution in [0.15, 0.2) is 6.07 Å². The summed E-state index contributed by atoms with van der Waals surface area (Å²) in [6.07, 6.45) is 1.09. The molecule has 1 fully saturated rings. The smallest absolute Gasteiger partial charge is 0.339 e. The van der Waals surface area contributed by atoms with E-state index in [0.29, 0.717) is 17.3 Å². The number of rotatable bonds is 2. The van der Waals surface area contributed by atoms with E-state index in [9.17, 15) is 9.90 Å². The first-order valence-electron chi connectivity index (χ1n) is 7.16. The van der Waals surface area contributed by atoms with Gasteiger partial charge in [0.2, 0.25) is 0 Å². The molecule has 0 saturated carbocycles. The van der Waals surface area contributed by atoms with Gasteiger partial charge in [-0.2, -0.15) is 0 Å². The molecule has 4 nitrogen and oxygen atoms in total. The molecule has 1 saturated heterocycles. The van der Waals surface area contributed by atoms with Crippen molar-refractivity contribution in [1.29, 1.82) is 0 Å². The SMILES string of the molecule is Cc1cc(C)c(C(=O)O)c(N2CCC(C(C)(C)C)C2)n1. The number of hydrogen-bond acceptors (Lipinski definition) is 3. The summed E-state index contributed by atoms with van der Waals surface area (Å²) in [6.45, 7) is 12.3. The molecule has 110 valence electrons. The predicted octanol–water partition coefficient (Wildman–Crippen LogP) is 3.27. The number of nitrogens with zero attached hydrogens (tertiary/aromatic N) is 2.